The summed E-state index contributed by atoms with van der Waals surface area (Å²) >= 11 is 6.04. The van der Waals surface area contributed by atoms with Gasteiger partial charge in [-0.3, -0.25) is 4.79 Å². The van der Waals surface area contributed by atoms with Crippen LogP contribution in [0.3, 0.4) is 0 Å². The maximum Gasteiger partial charge on any atom is 0.224 e. The fourth-order valence-corrected chi connectivity index (χ4v) is 2.77. The Balaban J connectivity index is 0.00000220. The highest BCUT2D eigenvalue weighted by Gasteiger charge is 2.10. The molecule has 0 aliphatic carbocycles. The van der Waals surface area contributed by atoms with Crippen molar-refractivity contribution in [2.45, 2.75) is 32.1 Å². The molecule has 1 amide bonds. The summed E-state index contributed by atoms with van der Waals surface area (Å²) in [6.07, 6.45) is 5.26. The topological polar surface area (TPSA) is 32.3 Å². The normalized spacial score (nSPS) is 14.7. The van der Waals surface area contributed by atoms with E-state index in [0.717, 1.165) is 24.9 Å². The van der Waals surface area contributed by atoms with Crippen LogP contribution in [0.1, 0.15) is 31.2 Å². The van der Waals surface area contributed by atoms with Gasteiger partial charge in [0.05, 0.1) is 6.42 Å². The summed E-state index contributed by atoms with van der Waals surface area (Å²) in [5, 5.41) is 3.63. The Morgan fingerprint density at radius 3 is 2.62 bits per heavy atom. The zero-order valence-electron chi connectivity index (χ0n) is 12.3. The molecule has 0 bridgehead atoms. The van der Waals surface area contributed by atoms with Gasteiger partial charge in [-0.2, -0.15) is 0 Å². The fraction of sp³-hybridized carbons (Fsp3) is 0.562. The summed E-state index contributed by atoms with van der Waals surface area (Å²) < 4.78 is 0. The van der Waals surface area contributed by atoms with Gasteiger partial charge in [0.15, 0.2) is 0 Å². The Morgan fingerprint density at radius 1 is 1.19 bits per heavy atom. The van der Waals surface area contributed by atoms with E-state index in [2.05, 4.69) is 10.2 Å². The van der Waals surface area contributed by atoms with Crippen LogP contribution >= 0.6 is 24.0 Å². The molecule has 0 saturated carbocycles. The zero-order valence-corrected chi connectivity index (χ0v) is 13.9. The first-order chi connectivity index (χ1) is 9.75. The Kier molecular flexibility index (Phi) is 8.74. The Morgan fingerprint density at radius 2 is 1.90 bits per heavy atom. The van der Waals surface area contributed by atoms with Crippen molar-refractivity contribution in [1.29, 1.82) is 0 Å². The minimum Gasteiger partial charge on any atom is -0.356 e. The van der Waals surface area contributed by atoms with Gasteiger partial charge in [-0.25, -0.2) is 0 Å². The summed E-state index contributed by atoms with van der Waals surface area (Å²) in [6.45, 7) is 4.43. The largest absolute Gasteiger partial charge is 0.356 e. The number of benzene rings is 1. The summed E-state index contributed by atoms with van der Waals surface area (Å²) in [5.74, 6) is 0.0549. The van der Waals surface area contributed by atoms with Crippen molar-refractivity contribution >= 4 is 29.9 Å². The summed E-state index contributed by atoms with van der Waals surface area (Å²) in [4.78, 5) is 14.3. The molecule has 2 rings (SSSR count). The van der Waals surface area contributed by atoms with Crippen LogP contribution in [0.25, 0.3) is 0 Å². The minimum absolute atomic E-state index is 0. The van der Waals surface area contributed by atoms with E-state index in [4.69, 9.17) is 11.6 Å². The van der Waals surface area contributed by atoms with Gasteiger partial charge in [0, 0.05) is 11.6 Å². The van der Waals surface area contributed by atoms with E-state index in [1.807, 2.05) is 24.3 Å². The monoisotopic (exact) mass is 330 g/mol. The first-order valence-electron chi connectivity index (χ1n) is 7.48. The lowest BCUT2D eigenvalue weighted by Gasteiger charge is -2.14. The molecule has 118 valence electrons. The number of amides is 1. The fourth-order valence-electron chi connectivity index (χ4n) is 2.57. The second kappa shape index (κ2) is 10.0. The predicted molar refractivity (Wildman–Crippen MR) is 90.3 cm³/mol. The van der Waals surface area contributed by atoms with Gasteiger partial charge < -0.3 is 10.2 Å². The quantitative estimate of drug-likeness (QED) is 0.778. The van der Waals surface area contributed by atoms with Gasteiger partial charge in [0.1, 0.15) is 0 Å². The first kappa shape index (κ1) is 18.3. The van der Waals surface area contributed by atoms with Gasteiger partial charge in [-0.15, -0.1) is 12.4 Å². The zero-order chi connectivity index (χ0) is 14.2. The smallest absolute Gasteiger partial charge is 0.224 e. The van der Waals surface area contributed by atoms with Crippen LogP contribution in [0.2, 0.25) is 5.02 Å². The third-order valence-electron chi connectivity index (χ3n) is 3.73. The molecule has 5 heteroatoms. The van der Waals surface area contributed by atoms with Crippen molar-refractivity contribution in [3.8, 4) is 0 Å². The van der Waals surface area contributed by atoms with Gasteiger partial charge in [0.25, 0.3) is 0 Å². The van der Waals surface area contributed by atoms with Crippen molar-refractivity contribution in [3.05, 3.63) is 34.9 Å². The molecule has 0 unspecified atom stereocenters. The van der Waals surface area contributed by atoms with Gasteiger partial charge >= 0.3 is 0 Å². The number of hydrogen-bond donors (Lipinski definition) is 1. The van der Waals surface area contributed by atoms with E-state index in [0.29, 0.717) is 11.4 Å². The molecule has 21 heavy (non-hydrogen) atoms. The molecule has 1 aliphatic rings. The van der Waals surface area contributed by atoms with E-state index in [1.165, 1.54) is 32.5 Å². The molecule has 1 aliphatic heterocycles. The van der Waals surface area contributed by atoms with E-state index < -0.39 is 0 Å². The summed E-state index contributed by atoms with van der Waals surface area (Å²) in [5.41, 5.74) is 0.892. The molecule has 1 N–H and O–H groups in total. The van der Waals surface area contributed by atoms with Gasteiger partial charge in [0.2, 0.25) is 5.91 Å². The average molecular weight is 331 g/mol. The Bertz CT molecular complexity index is 434. The summed E-state index contributed by atoms with van der Waals surface area (Å²) in [7, 11) is 0. The molecule has 3 nitrogen and oxygen atoms in total. The third-order valence-corrected chi connectivity index (χ3v) is 4.10. The second-order valence-electron chi connectivity index (χ2n) is 5.37. The maximum absolute atomic E-state index is 11.8. The minimum atomic E-state index is 0. The number of nitrogens with one attached hydrogen (secondary N) is 1. The van der Waals surface area contributed by atoms with Crippen LogP contribution in [-0.2, 0) is 11.2 Å². The molecular formula is C16H24Cl2N2O. The van der Waals surface area contributed by atoms with E-state index in [9.17, 15) is 4.79 Å². The highest BCUT2D eigenvalue weighted by Crippen LogP contribution is 2.15. The number of nitrogens with zero attached hydrogens (tertiary/aromatic N) is 1. The van der Waals surface area contributed by atoms with Crippen LogP contribution in [0, 0.1) is 0 Å². The van der Waals surface area contributed by atoms with Crippen LogP contribution in [0.15, 0.2) is 24.3 Å². The number of likely N-dealkylation sites (tertiary alicyclic amines) is 1. The molecular weight excluding hydrogens is 307 g/mol. The van der Waals surface area contributed by atoms with Crippen molar-refractivity contribution < 1.29 is 4.79 Å². The number of carbonyl (C=O) groups is 1. The van der Waals surface area contributed by atoms with Gasteiger partial charge in [-0.05, 0) is 56.9 Å². The number of carbonyl (C=O) groups excluding carboxylic acids is 1. The van der Waals surface area contributed by atoms with E-state index in [1.54, 1.807) is 0 Å². The molecule has 0 spiro atoms. The Labute approximate surface area is 138 Å². The number of halogens is 2. The van der Waals surface area contributed by atoms with Crippen LogP contribution < -0.4 is 5.32 Å². The molecule has 0 radical (unpaired) electrons. The lowest BCUT2D eigenvalue weighted by molar-refractivity contribution is -0.120. The van der Waals surface area contributed by atoms with Crippen molar-refractivity contribution in [3.63, 3.8) is 0 Å². The average Bonchev–Trinajstić information content (AvgIpc) is 2.94. The molecule has 1 fully saturated rings. The third kappa shape index (κ3) is 6.68. The molecule has 0 atom stereocenters. The number of rotatable bonds is 7. The first-order valence-corrected chi connectivity index (χ1v) is 7.86. The lowest BCUT2D eigenvalue weighted by Crippen LogP contribution is -2.27. The second-order valence-corrected chi connectivity index (χ2v) is 5.78. The number of unbranched alkanes of at least 4 members (excludes halogenated alkanes) is 1. The highest BCUT2D eigenvalue weighted by atomic mass is 35.5. The molecule has 1 aromatic carbocycles. The maximum atomic E-state index is 11.8. The van der Waals surface area contributed by atoms with Gasteiger partial charge in [-0.1, -0.05) is 29.8 Å². The highest BCUT2D eigenvalue weighted by molar-refractivity contribution is 6.31. The number of hydrogen-bond acceptors (Lipinski definition) is 2. The van der Waals surface area contributed by atoms with Crippen LogP contribution in [0.4, 0.5) is 0 Å². The van der Waals surface area contributed by atoms with Crippen LogP contribution in [-0.4, -0.2) is 37.0 Å². The lowest BCUT2D eigenvalue weighted by atomic mass is 10.1. The van der Waals surface area contributed by atoms with E-state index in [-0.39, 0.29) is 18.3 Å². The van der Waals surface area contributed by atoms with Crippen LogP contribution in [0.5, 0.6) is 0 Å². The Hall–Kier alpha value is -0.770. The van der Waals surface area contributed by atoms with Crippen molar-refractivity contribution in [2.24, 2.45) is 0 Å². The van der Waals surface area contributed by atoms with Crippen molar-refractivity contribution in [1.82, 2.24) is 10.2 Å². The standard InChI is InChI=1S/C16H23ClN2O.ClH/c17-15-8-2-1-7-14(15)13-16(20)18-9-3-4-10-19-11-5-6-12-19;/h1-2,7-8H,3-6,9-13H2,(H,18,20);1H. The molecule has 1 saturated heterocycles. The predicted octanol–water partition coefficient (Wildman–Crippen LogP) is 3.30. The molecule has 1 heterocycles. The van der Waals surface area contributed by atoms with E-state index >= 15 is 0 Å². The van der Waals surface area contributed by atoms with Crippen molar-refractivity contribution in [2.75, 3.05) is 26.2 Å². The SMILES string of the molecule is Cl.O=C(Cc1ccccc1Cl)NCCCCN1CCCC1. The molecule has 0 aromatic heterocycles. The summed E-state index contributed by atoms with van der Waals surface area (Å²) in [6, 6.07) is 7.50. The molecule has 1 aromatic rings.